The van der Waals surface area contributed by atoms with Gasteiger partial charge in [-0.15, -0.1) is 0 Å². The van der Waals surface area contributed by atoms with Gasteiger partial charge in [-0.3, -0.25) is 0 Å². The Kier molecular flexibility index (Phi) is 3.14. The Morgan fingerprint density at radius 2 is 1.81 bits per heavy atom. The Morgan fingerprint density at radius 1 is 1.19 bits per heavy atom. The van der Waals surface area contributed by atoms with E-state index < -0.39 is 35.1 Å². The van der Waals surface area contributed by atoms with E-state index in [1.807, 2.05) is 0 Å². The van der Waals surface area contributed by atoms with E-state index in [9.17, 15) is 17.6 Å². The second kappa shape index (κ2) is 4.19. The van der Waals surface area contributed by atoms with E-state index in [1.54, 1.807) is 0 Å². The maximum absolute atomic E-state index is 13.1. The first-order valence-corrected chi connectivity index (χ1v) is 4.07. The highest BCUT2D eigenvalue weighted by atomic mass is 19.4. The molecule has 0 N–H and O–H groups in total. The van der Waals surface area contributed by atoms with Crippen LogP contribution in [0.5, 0.6) is 0 Å². The molecule has 0 bridgehead atoms. The summed E-state index contributed by atoms with van der Waals surface area (Å²) >= 11 is 0. The summed E-state index contributed by atoms with van der Waals surface area (Å²) in [6.07, 6.45) is -5.57. The predicted octanol–water partition coefficient (Wildman–Crippen LogP) is 2.78. The molecule has 1 rings (SSSR count). The predicted molar refractivity (Wildman–Crippen MR) is 45.4 cm³/mol. The van der Waals surface area contributed by atoms with Crippen molar-refractivity contribution in [2.75, 3.05) is 0 Å². The Morgan fingerprint density at radius 3 is 2.25 bits per heavy atom. The maximum atomic E-state index is 13.1. The molecule has 1 aromatic rings. The highest BCUT2D eigenvalue weighted by Gasteiger charge is 2.37. The van der Waals surface area contributed by atoms with Crippen LogP contribution in [0.25, 0.3) is 0 Å². The van der Waals surface area contributed by atoms with Crippen molar-refractivity contribution >= 4 is 0 Å². The normalized spacial score (nSPS) is 10.6. The van der Waals surface area contributed by atoms with E-state index in [0.29, 0.717) is 0 Å². The molecule has 0 saturated carbocycles. The average molecular weight is 228 g/mol. The summed E-state index contributed by atoms with van der Waals surface area (Å²) in [5, 5.41) is 16.8. The zero-order valence-electron chi connectivity index (χ0n) is 7.77. The van der Waals surface area contributed by atoms with Crippen LogP contribution in [-0.2, 0) is 12.6 Å². The molecular formula is C10H4F4N2. The van der Waals surface area contributed by atoms with E-state index in [1.165, 1.54) is 12.1 Å². The minimum absolute atomic E-state index is 0.681. The van der Waals surface area contributed by atoms with E-state index in [2.05, 4.69) is 0 Å². The molecule has 0 aliphatic carbocycles. The average Bonchev–Trinajstić information content (AvgIpc) is 2.19. The lowest BCUT2D eigenvalue weighted by molar-refractivity contribution is -0.138. The van der Waals surface area contributed by atoms with Crippen LogP contribution in [0.3, 0.4) is 0 Å². The molecule has 82 valence electrons. The van der Waals surface area contributed by atoms with E-state index in [0.717, 1.165) is 12.1 Å². The molecule has 0 aromatic heterocycles. The molecule has 0 radical (unpaired) electrons. The van der Waals surface area contributed by atoms with Gasteiger partial charge in [0.15, 0.2) is 0 Å². The smallest absolute Gasteiger partial charge is 0.207 e. The fourth-order valence-electron chi connectivity index (χ4n) is 1.29. The number of nitrogens with zero attached hydrogens (tertiary/aromatic N) is 2. The van der Waals surface area contributed by atoms with Gasteiger partial charge < -0.3 is 0 Å². The van der Waals surface area contributed by atoms with Crippen LogP contribution in [0.4, 0.5) is 17.6 Å². The van der Waals surface area contributed by atoms with Gasteiger partial charge in [0.2, 0.25) is 0 Å². The summed E-state index contributed by atoms with van der Waals surface area (Å²) in [5.74, 6) is -1.13. The second-order valence-electron chi connectivity index (χ2n) is 2.89. The van der Waals surface area contributed by atoms with Crippen molar-refractivity contribution in [3.8, 4) is 12.1 Å². The molecule has 16 heavy (non-hydrogen) atoms. The topological polar surface area (TPSA) is 47.6 Å². The van der Waals surface area contributed by atoms with E-state index >= 15 is 0 Å². The number of benzene rings is 1. The third-order valence-electron chi connectivity index (χ3n) is 1.92. The largest absolute Gasteiger partial charge is 0.418 e. The standard InChI is InChI=1S/C10H4F4N2/c11-8-2-1-6(5-16)9(10(12,13)14)7(8)3-4-15/h1-2H,3H2. The first kappa shape index (κ1) is 12.0. The van der Waals surface area contributed by atoms with Crippen molar-refractivity contribution in [2.24, 2.45) is 0 Å². The molecule has 1 aromatic carbocycles. The zero-order chi connectivity index (χ0) is 12.3. The Balaban J connectivity index is 3.58. The lowest BCUT2D eigenvalue weighted by Crippen LogP contribution is -2.13. The SMILES string of the molecule is N#CCc1c(F)ccc(C#N)c1C(F)(F)F. The number of alkyl halides is 3. The molecule has 2 nitrogen and oxygen atoms in total. The molecule has 0 aliphatic rings. The zero-order valence-corrected chi connectivity index (χ0v) is 7.77. The van der Waals surface area contributed by atoms with E-state index in [4.69, 9.17) is 10.5 Å². The molecule has 0 amide bonds. The van der Waals surface area contributed by atoms with Crippen LogP contribution in [0.15, 0.2) is 12.1 Å². The quantitative estimate of drug-likeness (QED) is 0.694. The van der Waals surface area contributed by atoms with E-state index in [-0.39, 0.29) is 0 Å². The fraction of sp³-hybridized carbons (Fsp3) is 0.200. The number of nitriles is 2. The van der Waals surface area contributed by atoms with Crippen molar-refractivity contribution in [3.05, 3.63) is 34.6 Å². The number of hydrogen-bond donors (Lipinski definition) is 0. The lowest BCUT2D eigenvalue weighted by atomic mass is 9.98. The van der Waals surface area contributed by atoms with Gasteiger partial charge >= 0.3 is 6.18 Å². The van der Waals surface area contributed by atoms with Crippen LogP contribution in [0, 0.1) is 28.5 Å². The second-order valence-corrected chi connectivity index (χ2v) is 2.89. The lowest BCUT2D eigenvalue weighted by Gasteiger charge is -2.13. The van der Waals surface area contributed by atoms with Gasteiger partial charge in [0.05, 0.1) is 29.7 Å². The maximum Gasteiger partial charge on any atom is 0.418 e. The first-order chi connectivity index (χ1) is 7.41. The van der Waals surface area contributed by atoms with Crippen molar-refractivity contribution in [2.45, 2.75) is 12.6 Å². The molecule has 0 spiro atoms. The summed E-state index contributed by atoms with van der Waals surface area (Å²) in [6.45, 7) is 0. The molecule has 0 heterocycles. The van der Waals surface area contributed by atoms with Crippen LogP contribution in [0.1, 0.15) is 16.7 Å². The first-order valence-electron chi connectivity index (χ1n) is 4.07. The van der Waals surface area contributed by atoms with Crippen molar-refractivity contribution in [3.63, 3.8) is 0 Å². The van der Waals surface area contributed by atoms with Gasteiger partial charge in [0.1, 0.15) is 5.82 Å². The number of rotatable bonds is 1. The number of hydrogen-bond acceptors (Lipinski definition) is 2. The van der Waals surface area contributed by atoms with Crippen molar-refractivity contribution in [1.29, 1.82) is 10.5 Å². The van der Waals surface area contributed by atoms with Crippen LogP contribution >= 0.6 is 0 Å². The monoisotopic (exact) mass is 228 g/mol. The molecule has 0 fully saturated rings. The summed E-state index contributed by atoms with van der Waals surface area (Å²) in [4.78, 5) is 0. The van der Waals surface area contributed by atoms with Gasteiger partial charge in [-0.1, -0.05) is 0 Å². The third kappa shape index (κ3) is 2.12. The Hall–Kier alpha value is -2.08. The van der Waals surface area contributed by atoms with Gasteiger partial charge in [0, 0.05) is 5.56 Å². The van der Waals surface area contributed by atoms with Crippen LogP contribution in [-0.4, -0.2) is 0 Å². The van der Waals surface area contributed by atoms with Gasteiger partial charge in [-0.25, -0.2) is 4.39 Å². The molecule has 6 heteroatoms. The molecular weight excluding hydrogens is 224 g/mol. The summed E-state index contributed by atoms with van der Waals surface area (Å²) < 4.78 is 50.8. The summed E-state index contributed by atoms with van der Waals surface area (Å²) in [5.41, 5.74) is -2.83. The van der Waals surface area contributed by atoms with Crippen LogP contribution in [0.2, 0.25) is 0 Å². The van der Waals surface area contributed by atoms with Gasteiger partial charge in [-0.2, -0.15) is 23.7 Å². The third-order valence-corrected chi connectivity index (χ3v) is 1.92. The van der Waals surface area contributed by atoms with Gasteiger partial charge in [0.25, 0.3) is 0 Å². The van der Waals surface area contributed by atoms with Crippen molar-refractivity contribution < 1.29 is 17.6 Å². The minimum atomic E-state index is -4.85. The fourth-order valence-corrected chi connectivity index (χ4v) is 1.29. The summed E-state index contributed by atoms with van der Waals surface area (Å²) in [6, 6.07) is 4.27. The van der Waals surface area contributed by atoms with Crippen LogP contribution < -0.4 is 0 Å². The Bertz CT molecular complexity index is 491. The van der Waals surface area contributed by atoms with Gasteiger partial charge in [-0.05, 0) is 12.1 Å². The molecule has 0 aliphatic heterocycles. The summed E-state index contributed by atoms with van der Waals surface area (Å²) in [7, 11) is 0. The molecule has 0 unspecified atom stereocenters. The minimum Gasteiger partial charge on any atom is -0.207 e. The number of halogens is 4. The highest BCUT2D eigenvalue weighted by molar-refractivity contribution is 5.46. The molecule has 0 saturated heterocycles. The Labute approximate surface area is 88.3 Å². The highest BCUT2D eigenvalue weighted by Crippen LogP contribution is 2.35. The van der Waals surface area contributed by atoms with Crippen molar-refractivity contribution in [1.82, 2.24) is 0 Å². The molecule has 0 atom stereocenters.